The molecule has 54 heavy (non-hydrogen) atoms. The van der Waals surface area contributed by atoms with E-state index < -0.39 is 0 Å². The van der Waals surface area contributed by atoms with Crippen molar-refractivity contribution in [2.24, 2.45) is 4.99 Å². The molecule has 3 atom stereocenters. The van der Waals surface area contributed by atoms with Gasteiger partial charge in [0.15, 0.2) is 0 Å². The van der Waals surface area contributed by atoms with Gasteiger partial charge in [-0.3, -0.25) is 5.32 Å². The largest absolute Gasteiger partial charge is 0.382 e. The number of aromatic nitrogens is 1. The zero-order valence-corrected chi connectivity index (χ0v) is 29.6. The fraction of sp³-hybridized carbons (Fsp3) is 0.0816. The summed E-state index contributed by atoms with van der Waals surface area (Å²) in [5.74, 6) is 1.02. The molecule has 0 spiro atoms. The van der Waals surface area contributed by atoms with E-state index in [1.54, 1.807) is 0 Å². The van der Waals surface area contributed by atoms with Crippen molar-refractivity contribution in [3.05, 3.63) is 209 Å². The second-order valence-corrected chi connectivity index (χ2v) is 14.5. The Bertz CT molecular complexity index is 2850. The van der Waals surface area contributed by atoms with Crippen molar-refractivity contribution < 1.29 is 0 Å². The third-order valence-corrected chi connectivity index (χ3v) is 11.4. The molecule has 5 nitrogen and oxygen atoms in total. The number of nitrogens with zero attached hydrogens (tertiary/aromatic N) is 2. The molecule has 5 heteroatoms. The van der Waals surface area contributed by atoms with Crippen LogP contribution >= 0.6 is 0 Å². The lowest BCUT2D eigenvalue weighted by atomic mass is 9.87. The van der Waals surface area contributed by atoms with Crippen molar-refractivity contribution in [2.75, 3.05) is 6.54 Å². The molecule has 0 saturated heterocycles. The normalized spacial score (nSPS) is 19.0. The molecule has 258 valence electrons. The average Bonchev–Trinajstić information content (AvgIpc) is 3.75. The van der Waals surface area contributed by atoms with E-state index in [0.29, 0.717) is 0 Å². The Balaban J connectivity index is 1.01. The summed E-state index contributed by atoms with van der Waals surface area (Å²) in [6.07, 6.45) is 4.23. The van der Waals surface area contributed by atoms with E-state index in [0.717, 1.165) is 23.6 Å². The Kier molecular flexibility index (Phi) is 7.13. The second kappa shape index (κ2) is 12.5. The SMILES string of the molecule is C1=C(C2N=C(c3ccc4ccccc4c3)NC(c3ccccc3)N2)NCC([C@@H]2c3ccccc3-c3cc4c5ccccc5n(-c5ccccc5)c4cc32)=C1. The molecule has 3 aliphatic rings. The number of para-hydroxylation sites is 2. The maximum absolute atomic E-state index is 5.28. The smallest absolute Gasteiger partial charge is 0.144 e. The zero-order valence-electron chi connectivity index (χ0n) is 29.6. The van der Waals surface area contributed by atoms with Gasteiger partial charge in [0.2, 0.25) is 0 Å². The molecule has 7 aromatic carbocycles. The van der Waals surface area contributed by atoms with Gasteiger partial charge in [0.05, 0.1) is 16.7 Å². The Hall–Kier alpha value is -6.69. The molecule has 0 saturated carbocycles. The van der Waals surface area contributed by atoms with E-state index in [2.05, 4.69) is 196 Å². The Morgan fingerprint density at radius 1 is 0.574 bits per heavy atom. The van der Waals surface area contributed by atoms with Gasteiger partial charge in [-0.1, -0.05) is 133 Å². The number of nitrogens with one attached hydrogen (secondary N) is 3. The fourth-order valence-corrected chi connectivity index (χ4v) is 8.84. The number of hydrogen-bond donors (Lipinski definition) is 3. The van der Waals surface area contributed by atoms with Gasteiger partial charge in [-0.15, -0.1) is 0 Å². The van der Waals surface area contributed by atoms with Gasteiger partial charge in [0, 0.05) is 34.5 Å². The van der Waals surface area contributed by atoms with E-state index >= 15 is 0 Å². The predicted octanol–water partition coefficient (Wildman–Crippen LogP) is 10.1. The van der Waals surface area contributed by atoms with Crippen LogP contribution in [0.1, 0.15) is 34.3 Å². The standard InChI is InChI=1S/C49H37N5/c1-3-14-32(15-4-1)47-51-48(34-24-23-31-13-7-8-16-33(31)27-34)53-49(52-47)43-26-25-35(30-50-43)46-39-21-10-9-19-37(39)40-28-41-38-20-11-12-22-44(38)54(45(41)29-42(40)46)36-17-5-2-6-18-36/h1-29,46-47,49-50,52H,30H2,(H,51,53)/t46-,47?,49?/m1/s1. The van der Waals surface area contributed by atoms with Crippen LogP contribution in [-0.2, 0) is 0 Å². The summed E-state index contributed by atoms with van der Waals surface area (Å²) in [6, 6.07) is 59.0. The lowest BCUT2D eigenvalue weighted by Gasteiger charge is -2.34. The second-order valence-electron chi connectivity index (χ2n) is 14.5. The van der Waals surface area contributed by atoms with Crippen LogP contribution in [-0.4, -0.2) is 23.1 Å². The molecule has 2 aliphatic heterocycles. The van der Waals surface area contributed by atoms with E-state index in [1.165, 1.54) is 71.7 Å². The van der Waals surface area contributed by atoms with Gasteiger partial charge in [0.25, 0.3) is 0 Å². The predicted molar refractivity (Wildman–Crippen MR) is 222 cm³/mol. The molecule has 0 amide bonds. The highest BCUT2D eigenvalue weighted by atomic mass is 15.3. The lowest BCUT2D eigenvalue weighted by molar-refractivity contribution is 0.419. The molecule has 8 aromatic rings. The fourth-order valence-electron chi connectivity index (χ4n) is 8.84. The van der Waals surface area contributed by atoms with Gasteiger partial charge in [-0.2, -0.15) is 0 Å². The average molecular weight is 696 g/mol. The summed E-state index contributed by atoms with van der Waals surface area (Å²) in [6.45, 7) is 0.729. The summed E-state index contributed by atoms with van der Waals surface area (Å²) >= 11 is 0. The number of dihydropyridines is 1. The minimum atomic E-state index is -0.250. The summed E-state index contributed by atoms with van der Waals surface area (Å²) in [5, 5.41) is 16.3. The van der Waals surface area contributed by atoms with E-state index in [-0.39, 0.29) is 18.2 Å². The van der Waals surface area contributed by atoms with Crippen LogP contribution < -0.4 is 16.0 Å². The first-order chi connectivity index (χ1) is 26.8. The highest BCUT2D eigenvalue weighted by Gasteiger charge is 2.34. The van der Waals surface area contributed by atoms with Gasteiger partial charge >= 0.3 is 0 Å². The molecule has 0 radical (unpaired) electrons. The van der Waals surface area contributed by atoms with Gasteiger partial charge < -0.3 is 15.2 Å². The van der Waals surface area contributed by atoms with Crippen LogP contribution in [0.2, 0.25) is 0 Å². The van der Waals surface area contributed by atoms with Crippen LogP contribution in [0, 0.1) is 0 Å². The van der Waals surface area contributed by atoms with E-state index in [1.807, 2.05) is 0 Å². The Morgan fingerprint density at radius 2 is 1.33 bits per heavy atom. The van der Waals surface area contributed by atoms with Crippen molar-refractivity contribution in [1.29, 1.82) is 0 Å². The maximum Gasteiger partial charge on any atom is 0.144 e. The van der Waals surface area contributed by atoms with E-state index in [4.69, 9.17) is 4.99 Å². The minimum Gasteiger partial charge on any atom is -0.382 e. The van der Waals surface area contributed by atoms with Crippen molar-refractivity contribution >= 4 is 38.4 Å². The van der Waals surface area contributed by atoms with Crippen LogP contribution in [0.15, 0.2) is 192 Å². The van der Waals surface area contributed by atoms with Crippen LogP contribution in [0.5, 0.6) is 0 Å². The van der Waals surface area contributed by atoms with Crippen molar-refractivity contribution in [3.63, 3.8) is 0 Å². The number of rotatable bonds is 5. The van der Waals surface area contributed by atoms with Gasteiger partial charge in [0.1, 0.15) is 18.2 Å². The number of allylic oxidation sites excluding steroid dienone is 2. The molecule has 0 fully saturated rings. The highest BCUT2D eigenvalue weighted by Crippen LogP contribution is 2.51. The third-order valence-electron chi connectivity index (χ3n) is 11.4. The number of benzene rings is 7. The topological polar surface area (TPSA) is 53.4 Å². The minimum absolute atomic E-state index is 0.101. The highest BCUT2D eigenvalue weighted by molar-refractivity contribution is 6.11. The van der Waals surface area contributed by atoms with E-state index in [9.17, 15) is 0 Å². The Labute approximate surface area is 314 Å². The number of aliphatic imine (C=N–C) groups is 1. The zero-order chi connectivity index (χ0) is 35.6. The molecule has 3 N–H and O–H groups in total. The first-order valence-electron chi connectivity index (χ1n) is 18.8. The van der Waals surface area contributed by atoms with Crippen molar-refractivity contribution in [3.8, 4) is 16.8 Å². The quantitative estimate of drug-likeness (QED) is 0.168. The number of hydrogen-bond acceptors (Lipinski definition) is 4. The summed E-state index contributed by atoms with van der Waals surface area (Å²) < 4.78 is 2.42. The maximum atomic E-state index is 5.28. The van der Waals surface area contributed by atoms with Crippen LogP contribution in [0.25, 0.3) is 49.4 Å². The molecule has 0 bridgehead atoms. The molecule has 3 heterocycles. The van der Waals surface area contributed by atoms with Crippen molar-refractivity contribution in [2.45, 2.75) is 18.2 Å². The molecule has 1 aromatic heterocycles. The molecule has 11 rings (SSSR count). The molecular weight excluding hydrogens is 659 g/mol. The summed E-state index contributed by atoms with van der Waals surface area (Å²) in [4.78, 5) is 5.28. The van der Waals surface area contributed by atoms with Gasteiger partial charge in [-0.05, 0) is 86.6 Å². The Morgan fingerprint density at radius 3 is 2.19 bits per heavy atom. The van der Waals surface area contributed by atoms with Crippen LogP contribution in [0.4, 0.5) is 0 Å². The first kappa shape index (κ1) is 30.9. The van der Waals surface area contributed by atoms with Gasteiger partial charge in [-0.25, -0.2) is 4.99 Å². The van der Waals surface area contributed by atoms with Crippen LogP contribution in [0.3, 0.4) is 0 Å². The number of fused-ring (bicyclic) bond motifs is 7. The summed E-state index contributed by atoms with van der Waals surface area (Å²) in [5.41, 5.74) is 13.7. The third kappa shape index (κ3) is 5.01. The molecule has 2 unspecified atom stereocenters. The monoisotopic (exact) mass is 695 g/mol. The lowest BCUT2D eigenvalue weighted by Crippen LogP contribution is -2.51. The summed E-state index contributed by atoms with van der Waals surface area (Å²) in [7, 11) is 0. The first-order valence-corrected chi connectivity index (χ1v) is 18.8. The molecule has 1 aliphatic carbocycles. The molecular formula is C49H37N5. The van der Waals surface area contributed by atoms with Crippen molar-refractivity contribution in [1.82, 2.24) is 20.5 Å². The number of amidine groups is 1.